The van der Waals surface area contributed by atoms with Crippen LogP contribution in [0, 0.1) is 11.3 Å². The van der Waals surface area contributed by atoms with Gasteiger partial charge >= 0.3 is 0 Å². The fourth-order valence-electron chi connectivity index (χ4n) is 1.41. The van der Waals surface area contributed by atoms with Crippen LogP contribution in [-0.2, 0) is 6.61 Å². The molecule has 1 aromatic heterocycles. The van der Waals surface area contributed by atoms with Gasteiger partial charge in [-0.15, -0.1) is 0 Å². The summed E-state index contributed by atoms with van der Waals surface area (Å²) >= 11 is 0. The maximum atomic E-state index is 8.92. The Morgan fingerprint density at radius 1 is 1.12 bits per heavy atom. The smallest absolute Gasteiger partial charge is 0.101 e. The third kappa shape index (κ3) is 2.08. The van der Waals surface area contributed by atoms with E-state index in [9.17, 15) is 0 Å². The summed E-state index contributed by atoms with van der Waals surface area (Å²) in [4.78, 5) is 4.19. The average Bonchev–Trinajstić information content (AvgIpc) is 2.39. The molecular formula is C13H10N2O. The van der Waals surface area contributed by atoms with Gasteiger partial charge in [0.05, 0.1) is 17.9 Å². The number of hydrogen-bond donors (Lipinski definition) is 1. The molecule has 3 nitrogen and oxygen atoms in total. The van der Waals surface area contributed by atoms with Crippen molar-refractivity contribution in [3.8, 4) is 17.3 Å². The molecule has 0 aliphatic rings. The molecule has 0 atom stereocenters. The van der Waals surface area contributed by atoms with Crippen LogP contribution in [0.15, 0.2) is 42.6 Å². The van der Waals surface area contributed by atoms with Gasteiger partial charge in [-0.1, -0.05) is 24.3 Å². The number of aromatic nitrogens is 1. The highest BCUT2D eigenvalue weighted by Gasteiger charge is 1.99. The van der Waals surface area contributed by atoms with Crippen LogP contribution in [0.1, 0.15) is 11.1 Å². The first-order valence-corrected chi connectivity index (χ1v) is 4.90. The van der Waals surface area contributed by atoms with Crippen molar-refractivity contribution < 1.29 is 5.11 Å². The van der Waals surface area contributed by atoms with E-state index in [0.29, 0.717) is 5.56 Å². The van der Waals surface area contributed by atoms with E-state index in [0.717, 1.165) is 16.8 Å². The zero-order chi connectivity index (χ0) is 11.4. The number of aliphatic hydroxyl groups is 1. The second kappa shape index (κ2) is 4.56. The third-order valence-corrected chi connectivity index (χ3v) is 2.32. The fourth-order valence-corrected chi connectivity index (χ4v) is 1.41. The maximum Gasteiger partial charge on any atom is 0.101 e. The Morgan fingerprint density at radius 2 is 1.88 bits per heavy atom. The van der Waals surface area contributed by atoms with E-state index in [1.54, 1.807) is 12.3 Å². The van der Waals surface area contributed by atoms with Gasteiger partial charge in [0.1, 0.15) is 6.07 Å². The van der Waals surface area contributed by atoms with Crippen molar-refractivity contribution in [1.29, 1.82) is 5.26 Å². The van der Waals surface area contributed by atoms with Crippen LogP contribution in [0.25, 0.3) is 11.3 Å². The van der Waals surface area contributed by atoms with E-state index in [2.05, 4.69) is 4.98 Å². The van der Waals surface area contributed by atoms with Crippen LogP contribution >= 0.6 is 0 Å². The number of benzene rings is 1. The summed E-state index contributed by atoms with van der Waals surface area (Å²) in [5.41, 5.74) is 3.22. The van der Waals surface area contributed by atoms with Crippen LogP contribution in [0.5, 0.6) is 0 Å². The average molecular weight is 210 g/mol. The zero-order valence-electron chi connectivity index (χ0n) is 8.59. The summed E-state index contributed by atoms with van der Waals surface area (Å²) in [5.74, 6) is 0. The van der Waals surface area contributed by atoms with Crippen molar-refractivity contribution in [1.82, 2.24) is 4.98 Å². The van der Waals surface area contributed by atoms with E-state index in [1.807, 2.05) is 36.4 Å². The van der Waals surface area contributed by atoms with Crippen LogP contribution < -0.4 is 0 Å². The molecule has 2 aromatic rings. The minimum atomic E-state index is 0.0427. The lowest BCUT2D eigenvalue weighted by atomic mass is 10.1. The number of rotatable bonds is 2. The summed E-state index contributed by atoms with van der Waals surface area (Å²) in [7, 11) is 0. The Morgan fingerprint density at radius 3 is 2.38 bits per heavy atom. The first-order chi connectivity index (χ1) is 7.83. The molecule has 3 heteroatoms. The lowest BCUT2D eigenvalue weighted by molar-refractivity contribution is 0.282. The molecule has 1 heterocycles. The van der Waals surface area contributed by atoms with Crippen LogP contribution in [0.2, 0.25) is 0 Å². The largest absolute Gasteiger partial charge is 0.392 e. The van der Waals surface area contributed by atoms with Gasteiger partial charge in [-0.2, -0.15) is 5.26 Å². The van der Waals surface area contributed by atoms with Crippen molar-refractivity contribution in [2.75, 3.05) is 0 Å². The van der Waals surface area contributed by atoms with E-state index < -0.39 is 0 Å². The molecule has 1 aromatic carbocycles. The molecule has 0 saturated heterocycles. The minimum absolute atomic E-state index is 0.0427. The van der Waals surface area contributed by atoms with Gasteiger partial charge in [-0.25, -0.2) is 0 Å². The Kier molecular flexibility index (Phi) is 2.95. The molecule has 0 amide bonds. The second-order valence-corrected chi connectivity index (χ2v) is 3.40. The standard InChI is InChI=1S/C13H10N2O/c14-7-11-3-6-13(15-8-11)12-4-1-10(9-16)2-5-12/h1-6,8,16H,9H2. The number of hydrogen-bond acceptors (Lipinski definition) is 3. The zero-order valence-corrected chi connectivity index (χ0v) is 8.59. The van der Waals surface area contributed by atoms with E-state index in [4.69, 9.17) is 10.4 Å². The summed E-state index contributed by atoms with van der Waals surface area (Å²) in [5, 5.41) is 17.6. The normalized spacial score (nSPS) is 9.75. The van der Waals surface area contributed by atoms with Gasteiger partial charge in [0.25, 0.3) is 0 Å². The Bertz CT molecular complexity index is 509. The summed E-state index contributed by atoms with van der Waals surface area (Å²) in [6.07, 6.45) is 1.55. The molecule has 0 bridgehead atoms. The van der Waals surface area contributed by atoms with Gasteiger partial charge in [0, 0.05) is 11.8 Å². The second-order valence-electron chi connectivity index (χ2n) is 3.40. The van der Waals surface area contributed by atoms with Crippen LogP contribution in [0.4, 0.5) is 0 Å². The molecule has 2 rings (SSSR count). The van der Waals surface area contributed by atoms with Crippen molar-refractivity contribution in [3.05, 3.63) is 53.7 Å². The Labute approximate surface area is 93.6 Å². The topological polar surface area (TPSA) is 56.9 Å². The monoisotopic (exact) mass is 210 g/mol. The highest BCUT2D eigenvalue weighted by Crippen LogP contribution is 2.17. The molecule has 0 fully saturated rings. The lowest BCUT2D eigenvalue weighted by Gasteiger charge is -2.01. The minimum Gasteiger partial charge on any atom is -0.392 e. The predicted molar refractivity (Wildman–Crippen MR) is 60.3 cm³/mol. The molecule has 0 spiro atoms. The first-order valence-electron chi connectivity index (χ1n) is 4.90. The number of aliphatic hydroxyl groups excluding tert-OH is 1. The quantitative estimate of drug-likeness (QED) is 0.825. The van der Waals surface area contributed by atoms with Crippen molar-refractivity contribution >= 4 is 0 Å². The van der Waals surface area contributed by atoms with Crippen LogP contribution in [-0.4, -0.2) is 10.1 Å². The Hall–Kier alpha value is -2.18. The molecule has 0 unspecified atom stereocenters. The number of nitrogens with zero attached hydrogens (tertiary/aromatic N) is 2. The summed E-state index contributed by atoms with van der Waals surface area (Å²) in [6, 6.07) is 13.1. The molecule has 78 valence electrons. The third-order valence-electron chi connectivity index (χ3n) is 2.32. The van der Waals surface area contributed by atoms with E-state index >= 15 is 0 Å². The van der Waals surface area contributed by atoms with Gasteiger partial charge in [-0.3, -0.25) is 4.98 Å². The molecular weight excluding hydrogens is 200 g/mol. The van der Waals surface area contributed by atoms with Gasteiger partial charge in [0.15, 0.2) is 0 Å². The van der Waals surface area contributed by atoms with E-state index in [1.165, 1.54) is 0 Å². The fraction of sp³-hybridized carbons (Fsp3) is 0.0769. The SMILES string of the molecule is N#Cc1ccc(-c2ccc(CO)cc2)nc1. The Balaban J connectivity index is 2.32. The highest BCUT2D eigenvalue weighted by molar-refractivity contribution is 5.59. The van der Waals surface area contributed by atoms with Gasteiger partial charge in [0.2, 0.25) is 0 Å². The van der Waals surface area contributed by atoms with Crippen LogP contribution in [0.3, 0.4) is 0 Å². The van der Waals surface area contributed by atoms with Gasteiger partial charge < -0.3 is 5.11 Å². The maximum absolute atomic E-state index is 8.92. The first kappa shape index (κ1) is 10.3. The molecule has 1 N–H and O–H groups in total. The molecule has 0 saturated carbocycles. The molecule has 0 radical (unpaired) electrons. The number of nitriles is 1. The van der Waals surface area contributed by atoms with Crippen molar-refractivity contribution in [2.24, 2.45) is 0 Å². The summed E-state index contributed by atoms with van der Waals surface area (Å²) in [6.45, 7) is 0.0427. The van der Waals surface area contributed by atoms with Crippen molar-refractivity contribution in [2.45, 2.75) is 6.61 Å². The molecule has 0 aliphatic heterocycles. The van der Waals surface area contributed by atoms with E-state index in [-0.39, 0.29) is 6.61 Å². The van der Waals surface area contributed by atoms with Gasteiger partial charge in [-0.05, 0) is 17.7 Å². The molecule has 0 aliphatic carbocycles. The predicted octanol–water partition coefficient (Wildman–Crippen LogP) is 2.11. The lowest BCUT2D eigenvalue weighted by Crippen LogP contribution is -1.86. The number of pyridine rings is 1. The molecule has 16 heavy (non-hydrogen) atoms. The highest BCUT2D eigenvalue weighted by atomic mass is 16.3. The van der Waals surface area contributed by atoms with Crippen molar-refractivity contribution in [3.63, 3.8) is 0 Å². The summed E-state index contributed by atoms with van der Waals surface area (Å²) < 4.78 is 0.